The summed E-state index contributed by atoms with van der Waals surface area (Å²) in [6.45, 7) is 4.17. The molecule has 3 heteroatoms. The van der Waals surface area contributed by atoms with Crippen LogP contribution < -0.4 is 0 Å². The van der Waals surface area contributed by atoms with Crippen LogP contribution in [0.4, 0.5) is 0 Å². The largest absolute Gasteiger partial charge is 0.385 e. The first-order chi connectivity index (χ1) is 5.90. The van der Waals surface area contributed by atoms with E-state index in [1.165, 1.54) is 13.0 Å². The monoisotopic (exact) mass is 171 g/mol. The fourth-order valence-electron chi connectivity index (χ4n) is 2.16. The van der Waals surface area contributed by atoms with E-state index < -0.39 is 0 Å². The molecule has 0 unspecified atom stereocenters. The minimum atomic E-state index is 0.539. The van der Waals surface area contributed by atoms with Crippen molar-refractivity contribution in [3.63, 3.8) is 0 Å². The molecule has 0 spiro atoms. The van der Waals surface area contributed by atoms with E-state index in [0.29, 0.717) is 12.1 Å². The van der Waals surface area contributed by atoms with E-state index in [2.05, 4.69) is 4.90 Å². The summed E-state index contributed by atoms with van der Waals surface area (Å²) in [5.74, 6) is 0. The van der Waals surface area contributed by atoms with Gasteiger partial charge in [-0.2, -0.15) is 0 Å². The van der Waals surface area contributed by atoms with Gasteiger partial charge in [0.2, 0.25) is 0 Å². The van der Waals surface area contributed by atoms with Crippen LogP contribution in [0.5, 0.6) is 0 Å². The highest BCUT2D eigenvalue weighted by molar-refractivity contribution is 4.91. The van der Waals surface area contributed by atoms with Gasteiger partial charge in [-0.3, -0.25) is 4.90 Å². The number of hydrogen-bond acceptors (Lipinski definition) is 3. The lowest BCUT2D eigenvalue weighted by atomic mass is 10.2. The molecule has 0 amide bonds. The standard InChI is InChI=1S/C9H17NO2/c1-11-4-2-3-10-6-9-5-8(10)7-12-9/h8-9H,2-7H2,1H3/t8-,9-/m0/s1. The molecule has 2 bridgehead atoms. The Morgan fingerprint density at radius 2 is 2.50 bits per heavy atom. The van der Waals surface area contributed by atoms with Crippen molar-refractivity contribution in [1.29, 1.82) is 0 Å². The number of ether oxygens (including phenoxy) is 2. The average Bonchev–Trinajstić information content (AvgIpc) is 2.65. The summed E-state index contributed by atoms with van der Waals surface area (Å²) in [4.78, 5) is 2.53. The first-order valence-corrected chi connectivity index (χ1v) is 4.74. The van der Waals surface area contributed by atoms with Crippen molar-refractivity contribution in [3.05, 3.63) is 0 Å². The third-order valence-electron chi connectivity index (χ3n) is 2.81. The second-order valence-corrected chi connectivity index (χ2v) is 3.69. The molecule has 3 nitrogen and oxygen atoms in total. The van der Waals surface area contributed by atoms with Crippen LogP contribution in [0.3, 0.4) is 0 Å². The Labute approximate surface area is 73.6 Å². The molecule has 0 aromatic carbocycles. The Morgan fingerprint density at radius 3 is 3.08 bits per heavy atom. The quantitative estimate of drug-likeness (QED) is 0.575. The zero-order valence-corrected chi connectivity index (χ0v) is 7.66. The molecule has 2 saturated heterocycles. The van der Waals surface area contributed by atoms with Crippen molar-refractivity contribution in [2.45, 2.75) is 25.0 Å². The Bertz CT molecular complexity index is 151. The van der Waals surface area contributed by atoms with Crippen LogP contribution >= 0.6 is 0 Å². The third-order valence-corrected chi connectivity index (χ3v) is 2.81. The first-order valence-electron chi connectivity index (χ1n) is 4.74. The molecule has 2 fully saturated rings. The van der Waals surface area contributed by atoms with Gasteiger partial charge in [-0.1, -0.05) is 0 Å². The number of likely N-dealkylation sites (tertiary alicyclic amines) is 1. The number of nitrogens with zero attached hydrogens (tertiary/aromatic N) is 1. The van der Waals surface area contributed by atoms with Crippen LogP contribution in [0.15, 0.2) is 0 Å². The van der Waals surface area contributed by atoms with Crippen molar-refractivity contribution in [3.8, 4) is 0 Å². The Hall–Kier alpha value is -0.120. The van der Waals surface area contributed by atoms with Gasteiger partial charge in [-0.05, 0) is 12.8 Å². The van der Waals surface area contributed by atoms with Gasteiger partial charge in [0.15, 0.2) is 0 Å². The molecule has 0 radical (unpaired) electrons. The molecule has 12 heavy (non-hydrogen) atoms. The minimum Gasteiger partial charge on any atom is -0.385 e. The third kappa shape index (κ3) is 1.63. The molecule has 2 heterocycles. The summed E-state index contributed by atoms with van der Waals surface area (Å²) in [5, 5.41) is 0. The Kier molecular flexibility index (Phi) is 2.63. The smallest absolute Gasteiger partial charge is 0.0718 e. The van der Waals surface area contributed by atoms with Gasteiger partial charge >= 0.3 is 0 Å². The van der Waals surface area contributed by atoms with Crippen molar-refractivity contribution in [2.24, 2.45) is 0 Å². The summed E-state index contributed by atoms with van der Waals surface area (Å²) in [5.41, 5.74) is 0. The van der Waals surface area contributed by atoms with Gasteiger partial charge < -0.3 is 9.47 Å². The molecule has 2 rings (SSSR count). The lowest BCUT2D eigenvalue weighted by molar-refractivity contribution is 0.0274. The molecule has 70 valence electrons. The van der Waals surface area contributed by atoms with Gasteiger partial charge in [-0.15, -0.1) is 0 Å². The van der Waals surface area contributed by atoms with Gasteiger partial charge in [0.25, 0.3) is 0 Å². The van der Waals surface area contributed by atoms with E-state index in [1.807, 2.05) is 0 Å². The number of hydrogen-bond donors (Lipinski definition) is 0. The molecule has 0 N–H and O–H groups in total. The van der Waals surface area contributed by atoms with Crippen molar-refractivity contribution >= 4 is 0 Å². The van der Waals surface area contributed by atoms with Gasteiger partial charge in [-0.25, -0.2) is 0 Å². The van der Waals surface area contributed by atoms with Crippen molar-refractivity contribution in [1.82, 2.24) is 4.90 Å². The van der Waals surface area contributed by atoms with Crippen molar-refractivity contribution < 1.29 is 9.47 Å². The van der Waals surface area contributed by atoms with Gasteiger partial charge in [0.1, 0.15) is 0 Å². The van der Waals surface area contributed by atoms with E-state index in [0.717, 1.165) is 26.2 Å². The molecule has 0 aromatic heterocycles. The Morgan fingerprint density at radius 1 is 1.58 bits per heavy atom. The number of rotatable bonds is 4. The molecule has 0 saturated carbocycles. The highest BCUT2D eigenvalue weighted by atomic mass is 16.5. The van der Waals surface area contributed by atoms with Crippen molar-refractivity contribution in [2.75, 3.05) is 33.4 Å². The van der Waals surface area contributed by atoms with Crippen LogP contribution in [0.2, 0.25) is 0 Å². The van der Waals surface area contributed by atoms with E-state index >= 15 is 0 Å². The van der Waals surface area contributed by atoms with E-state index in [4.69, 9.17) is 9.47 Å². The maximum Gasteiger partial charge on any atom is 0.0718 e. The lowest BCUT2D eigenvalue weighted by Gasteiger charge is -2.26. The molecular formula is C9H17NO2. The lowest BCUT2D eigenvalue weighted by Crippen LogP contribution is -2.37. The predicted octanol–water partition coefficient (Wildman–Crippen LogP) is 0.496. The summed E-state index contributed by atoms with van der Waals surface area (Å²) < 4.78 is 10.5. The second-order valence-electron chi connectivity index (χ2n) is 3.69. The molecule has 0 aliphatic carbocycles. The maximum atomic E-state index is 5.52. The summed E-state index contributed by atoms with van der Waals surface area (Å²) in [6, 6.07) is 0.715. The SMILES string of the molecule is COCCCN1C[C@@H]2C[C@H]1CO2. The Balaban J connectivity index is 1.69. The fourth-order valence-corrected chi connectivity index (χ4v) is 2.16. The summed E-state index contributed by atoms with van der Waals surface area (Å²) in [6.07, 6.45) is 2.95. The number of morpholine rings is 1. The van der Waals surface area contributed by atoms with Crippen LogP contribution in [-0.4, -0.2) is 50.5 Å². The number of fused-ring (bicyclic) bond motifs is 2. The van der Waals surface area contributed by atoms with E-state index in [-0.39, 0.29) is 0 Å². The molecule has 2 atom stereocenters. The van der Waals surface area contributed by atoms with E-state index in [9.17, 15) is 0 Å². The zero-order chi connectivity index (χ0) is 8.39. The summed E-state index contributed by atoms with van der Waals surface area (Å²) in [7, 11) is 1.76. The molecule has 2 aliphatic rings. The van der Waals surface area contributed by atoms with E-state index in [1.54, 1.807) is 7.11 Å². The predicted molar refractivity (Wildman–Crippen MR) is 46.2 cm³/mol. The highest BCUT2D eigenvalue weighted by Gasteiger charge is 2.38. The maximum absolute atomic E-state index is 5.52. The normalized spacial score (nSPS) is 34.8. The van der Waals surface area contributed by atoms with Crippen LogP contribution in [0.1, 0.15) is 12.8 Å². The molecule has 0 aromatic rings. The first kappa shape index (κ1) is 8.48. The minimum absolute atomic E-state index is 0.539. The van der Waals surface area contributed by atoms with Crippen LogP contribution in [-0.2, 0) is 9.47 Å². The van der Waals surface area contributed by atoms with Crippen LogP contribution in [0.25, 0.3) is 0 Å². The molecular weight excluding hydrogens is 154 g/mol. The fraction of sp³-hybridized carbons (Fsp3) is 1.00. The molecule has 2 aliphatic heterocycles. The van der Waals surface area contributed by atoms with Gasteiger partial charge in [0, 0.05) is 32.8 Å². The average molecular weight is 171 g/mol. The zero-order valence-electron chi connectivity index (χ0n) is 7.66. The van der Waals surface area contributed by atoms with Gasteiger partial charge in [0.05, 0.1) is 12.7 Å². The number of methoxy groups -OCH3 is 1. The topological polar surface area (TPSA) is 21.7 Å². The highest BCUT2D eigenvalue weighted by Crippen LogP contribution is 2.27. The summed E-state index contributed by atoms with van der Waals surface area (Å²) >= 11 is 0. The second kappa shape index (κ2) is 3.73. The van der Waals surface area contributed by atoms with Crippen LogP contribution in [0, 0.1) is 0 Å².